The molecule has 11 heteroatoms. The predicted octanol–water partition coefficient (Wildman–Crippen LogP) is 3.97. The first-order chi connectivity index (χ1) is 13.8. The number of hydrogen-bond acceptors (Lipinski definition) is 6. The van der Waals surface area contributed by atoms with E-state index in [0.717, 1.165) is 11.8 Å². The summed E-state index contributed by atoms with van der Waals surface area (Å²) in [5, 5.41) is 1.25. The Kier molecular flexibility index (Phi) is 6.81. The van der Waals surface area contributed by atoms with Crippen LogP contribution in [0.25, 0.3) is 0 Å². The summed E-state index contributed by atoms with van der Waals surface area (Å²) in [6.07, 6.45) is 3.34. The van der Waals surface area contributed by atoms with Crippen molar-refractivity contribution < 1.29 is 18.0 Å². The van der Waals surface area contributed by atoms with E-state index in [1.165, 1.54) is 35.7 Å². The molecule has 29 heavy (non-hydrogen) atoms. The van der Waals surface area contributed by atoms with Gasteiger partial charge in [0.2, 0.25) is 0 Å². The topological polar surface area (TPSA) is 88.1 Å². The molecule has 152 valence electrons. The molecule has 1 aliphatic heterocycles. The smallest absolute Gasteiger partial charge is 0.264 e. The van der Waals surface area contributed by atoms with Crippen molar-refractivity contribution in [2.24, 2.45) is 4.99 Å². The number of alkyl halides is 1. The number of halogens is 3. The van der Waals surface area contributed by atoms with Gasteiger partial charge in [-0.2, -0.15) is 0 Å². The quantitative estimate of drug-likeness (QED) is 0.373. The summed E-state index contributed by atoms with van der Waals surface area (Å²) >= 11 is 18.0. The number of nitrogens with one attached hydrogen (secondary N) is 1. The highest BCUT2D eigenvalue weighted by Crippen LogP contribution is 2.29. The van der Waals surface area contributed by atoms with Gasteiger partial charge in [-0.3, -0.25) is 14.4 Å². The van der Waals surface area contributed by atoms with Crippen molar-refractivity contribution in [1.82, 2.24) is 9.79 Å². The molecule has 0 spiro atoms. The molecular weight excluding hydrogens is 461 g/mol. The fraction of sp³-hybridized carbons (Fsp3) is 0.111. The summed E-state index contributed by atoms with van der Waals surface area (Å²) in [7, 11) is -4.04. The van der Waals surface area contributed by atoms with E-state index in [1.54, 1.807) is 24.3 Å². The van der Waals surface area contributed by atoms with Gasteiger partial charge in [0.15, 0.2) is 11.3 Å². The molecule has 1 atom stereocenters. The largest absolute Gasteiger partial charge is 0.298 e. The van der Waals surface area contributed by atoms with Crippen LogP contribution in [0, 0.1) is 0 Å². The Morgan fingerprint density at radius 3 is 2.72 bits per heavy atom. The Morgan fingerprint density at radius 2 is 1.97 bits per heavy atom. The van der Waals surface area contributed by atoms with Crippen molar-refractivity contribution >= 4 is 57.3 Å². The zero-order valence-electron chi connectivity index (χ0n) is 14.6. The third kappa shape index (κ3) is 5.29. The van der Waals surface area contributed by atoms with Gasteiger partial charge < -0.3 is 0 Å². The fourth-order valence-corrected chi connectivity index (χ4v) is 4.31. The van der Waals surface area contributed by atoms with Crippen molar-refractivity contribution in [3.05, 3.63) is 75.7 Å². The van der Waals surface area contributed by atoms with E-state index in [4.69, 9.17) is 39.6 Å². The first-order valence-corrected chi connectivity index (χ1v) is 10.8. The molecule has 0 amide bonds. The second-order valence-corrected chi connectivity index (χ2v) is 8.70. The highest BCUT2D eigenvalue weighted by atomic mass is 35.5. The second-order valence-electron chi connectivity index (χ2n) is 5.82. The molecule has 3 rings (SSSR count). The van der Waals surface area contributed by atoms with Gasteiger partial charge >= 0.3 is 0 Å². The van der Waals surface area contributed by atoms with Gasteiger partial charge in [-0.05, 0) is 23.8 Å². The monoisotopic (exact) mass is 473 g/mol. The molecule has 1 heterocycles. The zero-order chi connectivity index (χ0) is 21.0. The van der Waals surface area contributed by atoms with Crippen LogP contribution in [0.4, 0.5) is 0 Å². The molecule has 0 bridgehead atoms. The van der Waals surface area contributed by atoms with E-state index < -0.39 is 15.5 Å². The molecule has 2 aromatic rings. The summed E-state index contributed by atoms with van der Waals surface area (Å²) in [6.45, 7) is 0.107. The number of aldehydes is 1. The standard InChI is InChI=1S/C18H14Cl3N3O4S/c19-14-5-2-6-15(18(14)21)29(26,27)23-17-9-24(16(20)8-22-17)28-11-13-4-1-3-12(7-13)10-25/h1-10,16,23H,11H2. The van der Waals surface area contributed by atoms with Crippen molar-refractivity contribution in [1.29, 1.82) is 0 Å². The van der Waals surface area contributed by atoms with E-state index in [0.29, 0.717) is 5.56 Å². The average molecular weight is 475 g/mol. The number of nitrogens with zero attached hydrogens (tertiary/aromatic N) is 2. The molecule has 7 nitrogen and oxygen atoms in total. The third-order valence-corrected chi connectivity index (χ3v) is 6.37. The van der Waals surface area contributed by atoms with E-state index >= 15 is 0 Å². The number of hydrogen-bond donors (Lipinski definition) is 1. The number of carbonyl (C=O) groups is 1. The third-order valence-electron chi connectivity index (χ3n) is 3.74. The average Bonchev–Trinajstić information content (AvgIpc) is 2.70. The summed E-state index contributed by atoms with van der Waals surface area (Å²) in [5.41, 5.74) is 0.491. The lowest BCUT2D eigenvalue weighted by atomic mass is 10.1. The van der Waals surface area contributed by atoms with Crippen molar-refractivity contribution in [3.63, 3.8) is 0 Å². The lowest BCUT2D eigenvalue weighted by molar-refractivity contribution is -0.130. The Labute approximate surface area is 182 Å². The summed E-state index contributed by atoms with van der Waals surface area (Å²) in [6, 6.07) is 11.1. The van der Waals surface area contributed by atoms with Gasteiger partial charge in [0.05, 0.1) is 22.9 Å². The van der Waals surface area contributed by atoms with Gasteiger partial charge in [-0.15, -0.1) is 0 Å². The number of rotatable bonds is 7. The van der Waals surface area contributed by atoms with Crippen LogP contribution in [-0.2, 0) is 21.5 Å². The SMILES string of the molecule is O=Cc1cccc(CON2C=C(NS(=O)(=O)c3cccc(Cl)c3Cl)N=CC2Cl)c1. The molecule has 0 fully saturated rings. The van der Waals surface area contributed by atoms with Crippen LogP contribution in [0.5, 0.6) is 0 Å². The molecule has 0 aliphatic carbocycles. The van der Waals surface area contributed by atoms with Crippen molar-refractivity contribution in [2.75, 3.05) is 0 Å². The maximum atomic E-state index is 12.6. The molecule has 0 aromatic heterocycles. The number of sulfonamides is 1. The normalized spacial score (nSPS) is 16.4. The predicted molar refractivity (Wildman–Crippen MR) is 111 cm³/mol. The zero-order valence-corrected chi connectivity index (χ0v) is 17.7. The minimum absolute atomic E-state index is 0.0282. The van der Waals surface area contributed by atoms with Gasteiger partial charge in [0.1, 0.15) is 11.2 Å². The van der Waals surface area contributed by atoms with Gasteiger partial charge in [0.25, 0.3) is 10.0 Å². The van der Waals surface area contributed by atoms with Crippen LogP contribution in [0.2, 0.25) is 10.0 Å². The minimum Gasteiger partial charge on any atom is -0.298 e. The molecular formula is C18H14Cl3N3O4S. The fourth-order valence-electron chi connectivity index (χ4n) is 2.38. The highest BCUT2D eigenvalue weighted by Gasteiger charge is 2.24. The highest BCUT2D eigenvalue weighted by molar-refractivity contribution is 7.89. The number of benzene rings is 2. The Balaban J connectivity index is 1.75. The number of aliphatic imine (C=N–C) groups is 1. The van der Waals surface area contributed by atoms with Gasteiger partial charge in [-0.1, -0.05) is 59.1 Å². The summed E-state index contributed by atoms with van der Waals surface area (Å²) in [4.78, 5) is 20.3. The van der Waals surface area contributed by atoms with E-state index in [1.807, 2.05) is 0 Å². The summed E-state index contributed by atoms with van der Waals surface area (Å²) < 4.78 is 27.5. The first-order valence-electron chi connectivity index (χ1n) is 8.12. The van der Waals surface area contributed by atoms with Crippen molar-refractivity contribution in [2.45, 2.75) is 17.0 Å². The van der Waals surface area contributed by atoms with Crippen LogP contribution in [0.15, 0.2) is 64.4 Å². The Hall–Kier alpha value is -2.10. The second kappa shape index (κ2) is 9.15. The van der Waals surface area contributed by atoms with E-state index in [2.05, 4.69) is 9.71 Å². The number of hydroxylamine groups is 2. The molecule has 2 aromatic carbocycles. The van der Waals surface area contributed by atoms with Crippen LogP contribution in [-0.4, -0.2) is 31.5 Å². The first kappa shape index (κ1) is 21.6. The maximum Gasteiger partial charge on any atom is 0.264 e. The Bertz CT molecular complexity index is 1090. The van der Waals surface area contributed by atoms with E-state index in [9.17, 15) is 13.2 Å². The molecule has 1 N–H and O–H groups in total. The van der Waals surface area contributed by atoms with Gasteiger partial charge in [0, 0.05) is 11.8 Å². The molecule has 0 saturated heterocycles. The Morgan fingerprint density at radius 1 is 1.21 bits per heavy atom. The van der Waals surface area contributed by atoms with Crippen molar-refractivity contribution in [3.8, 4) is 0 Å². The van der Waals surface area contributed by atoms with Crippen LogP contribution in [0.1, 0.15) is 15.9 Å². The number of carbonyl (C=O) groups excluding carboxylic acids is 1. The lowest BCUT2D eigenvalue weighted by Gasteiger charge is -2.26. The summed E-state index contributed by atoms with van der Waals surface area (Å²) in [5.74, 6) is -0.0282. The maximum absolute atomic E-state index is 12.6. The lowest BCUT2D eigenvalue weighted by Crippen LogP contribution is -2.34. The van der Waals surface area contributed by atoms with Crippen LogP contribution in [0.3, 0.4) is 0 Å². The molecule has 0 saturated carbocycles. The molecule has 0 radical (unpaired) electrons. The van der Waals surface area contributed by atoms with Crippen LogP contribution >= 0.6 is 34.8 Å². The minimum atomic E-state index is -4.04. The van der Waals surface area contributed by atoms with Crippen LogP contribution < -0.4 is 4.72 Å². The van der Waals surface area contributed by atoms with Gasteiger partial charge in [-0.25, -0.2) is 18.5 Å². The molecule has 1 unspecified atom stereocenters. The molecule has 1 aliphatic rings. The van der Waals surface area contributed by atoms with E-state index in [-0.39, 0.29) is 27.4 Å².